The van der Waals surface area contributed by atoms with E-state index in [9.17, 15) is 9.59 Å². The molecule has 0 aliphatic heterocycles. The van der Waals surface area contributed by atoms with Crippen molar-refractivity contribution in [2.24, 2.45) is 0 Å². The lowest BCUT2D eigenvalue weighted by Crippen LogP contribution is -2.31. The maximum atomic E-state index is 13.1. The highest BCUT2D eigenvalue weighted by Crippen LogP contribution is 2.31. The van der Waals surface area contributed by atoms with E-state index in [2.05, 4.69) is 15.3 Å². The predicted octanol–water partition coefficient (Wildman–Crippen LogP) is 5.45. The molecule has 1 amide bonds. The summed E-state index contributed by atoms with van der Waals surface area (Å²) in [6, 6.07) is 20.7. The molecule has 1 atom stereocenters. The molecule has 0 spiro atoms. The van der Waals surface area contributed by atoms with Gasteiger partial charge >= 0.3 is 0 Å². The lowest BCUT2D eigenvalue weighted by Gasteiger charge is -2.13. The Morgan fingerprint density at radius 3 is 2.44 bits per heavy atom. The quantitative estimate of drug-likeness (QED) is 0.380. The van der Waals surface area contributed by atoms with E-state index < -0.39 is 6.04 Å². The summed E-state index contributed by atoms with van der Waals surface area (Å²) in [7, 11) is 0. The fraction of sp³-hybridized carbons (Fsp3) is 0.0833. The number of aromatic nitrogens is 3. The van der Waals surface area contributed by atoms with E-state index in [4.69, 9.17) is 0 Å². The molecule has 1 N–H and O–H groups in total. The fourth-order valence-electron chi connectivity index (χ4n) is 3.37. The van der Waals surface area contributed by atoms with E-state index >= 15 is 0 Å². The number of thiophene rings is 1. The van der Waals surface area contributed by atoms with Gasteiger partial charge < -0.3 is 5.32 Å². The summed E-state index contributed by atoms with van der Waals surface area (Å²) >= 11 is 2.81. The zero-order valence-corrected chi connectivity index (χ0v) is 18.7. The predicted molar refractivity (Wildman–Crippen MR) is 130 cm³/mol. The molecule has 2 aromatic carbocycles. The number of anilines is 1. The lowest BCUT2D eigenvalue weighted by molar-refractivity contribution is -0.118. The third-order valence-electron chi connectivity index (χ3n) is 5.14. The van der Waals surface area contributed by atoms with Crippen molar-refractivity contribution in [1.29, 1.82) is 0 Å². The van der Waals surface area contributed by atoms with Crippen LogP contribution in [0.5, 0.6) is 0 Å². The first-order valence-electron chi connectivity index (χ1n) is 9.98. The van der Waals surface area contributed by atoms with Crippen molar-refractivity contribution in [3.05, 3.63) is 88.8 Å². The first-order valence-corrected chi connectivity index (χ1v) is 11.7. The summed E-state index contributed by atoms with van der Waals surface area (Å²) < 4.78 is 1.37. The number of benzene rings is 2. The summed E-state index contributed by atoms with van der Waals surface area (Å²) in [6.45, 7) is 1.68. The van der Waals surface area contributed by atoms with Crippen molar-refractivity contribution in [2.75, 3.05) is 5.32 Å². The number of hydrogen-bond donors (Lipinski definition) is 1. The minimum Gasteiger partial charge on any atom is -0.300 e. The molecule has 5 aromatic rings. The van der Waals surface area contributed by atoms with Crippen molar-refractivity contribution in [1.82, 2.24) is 14.5 Å². The molecule has 0 fully saturated rings. The summed E-state index contributed by atoms with van der Waals surface area (Å²) in [5, 5.41) is 5.72. The van der Waals surface area contributed by atoms with Crippen LogP contribution in [-0.4, -0.2) is 20.4 Å². The van der Waals surface area contributed by atoms with Crippen LogP contribution in [0.1, 0.15) is 13.0 Å². The topological polar surface area (TPSA) is 76.9 Å². The number of nitrogens with one attached hydrogen (secondary N) is 1. The van der Waals surface area contributed by atoms with Gasteiger partial charge in [-0.2, -0.15) is 0 Å². The van der Waals surface area contributed by atoms with E-state index in [1.165, 1.54) is 33.6 Å². The minimum absolute atomic E-state index is 0.236. The summed E-state index contributed by atoms with van der Waals surface area (Å²) in [5.74, 6) is -0.319. The first kappa shape index (κ1) is 20.3. The Morgan fingerprint density at radius 2 is 1.72 bits per heavy atom. The Balaban J connectivity index is 1.39. The van der Waals surface area contributed by atoms with Crippen LogP contribution in [0.25, 0.3) is 31.9 Å². The van der Waals surface area contributed by atoms with Crippen molar-refractivity contribution in [3.8, 4) is 21.7 Å². The number of carbonyl (C=O) groups is 1. The number of rotatable bonds is 5. The normalized spacial score (nSPS) is 12.0. The van der Waals surface area contributed by atoms with Crippen LogP contribution in [0.4, 0.5) is 5.13 Å². The van der Waals surface area contributed by atoms with Gasteiger partial charge in [0, 0.05) is 15.8 Å². The van der Waals surface area contributed by atoms with E-state index in [1.54, 1.807) is 6.92 Å². The molecule has 3 heterocycles. The van der Waals surface area contributed by atoms with Crippen molar-refractivity contribution in [3.63, 3.8) is 0 Å². The van der Waals surface area contributed by atoms with Crippen LogP contribution in [0.2, 0.25) is 0 Å². The second-order valence-electron chi connectivity index (χ2n) is 7.22. The van der Waals surface area contributed by atoms with Crippen LogP contribution >= 0.6 is 22.7 Å². The largest absolute Gasteiger partial charge is 0.300 e. The highest BCUT2D eigenvalue weighted by molar-refractivity contribution is 7.21. The standard InChI is InChI=1S/C24H18N4O2S2/c1-15(21(29)27-24-26-19(13-31-24)16-8-4-2-5-9-16)28-14-25-22-18(23(28)30)12-20(32-22)17-10-6-3-7-11-17/h2-15H,1H3,(H,26,27,29). The van der Waals surface area contributed by atoms with Gasteiger partial charge in [-0.3, -0.25) is 14.2 Å². The highest BCUT2D eigenvalue weighted by atomic mass is 32.1. The molecule has 0 bridgehead atoms. The Morgan fingerprint density at radius 1 is 1.03 bits per heavy atom. The average molecular weight is 459 g/mol. The van der Waals surface area contributed by atoms with E-state index in [-0.39, 0.29) is 11.5 Å². The van der Waals surface area contributed by atoms with Crippen LogP contribution in [0, 0.1) is 0 Å². The molecule has 0 aliphatic rings. The molecular weight excluding hydrogens is 440 g/mol. The SMILES string of the molecule is CC(C(=O)Nc1nc(-c2ccccc2)cs1)n1cnc2sc(-c3ccccc3)cc2c1=O. The zero-order valence-electron chi connectivity index (χ0n) is 17.1. The maximum absolute atomic E-state index is 13.1. The van der Waals surface area contributed by atoms with Gasteiger partial charge in [-0.15, -0.1) is 22.7 Å². The number of thiazole rings is 1. The molecule has 1 unspecified atom stereocenters. The summed E-state index contributed by atoms with van der Waals surface area (Å²) in [4.78, 5) is 36.5. The van der Waals surface area contributed by atoms with E-state index in [0.717, 1.165) is 21.7 Å². The van der Waals surface area contributed by atoms with Gasteiger partial charge in [-0.1, -0.05) is 60.7 Å². The molecule has 0 saturated heterocycles. The van der Waals surface area contributed by atoms with E-state index in [0.29, 0.717) is 15.3 Å². The molecular formula is C24H18N4O2S2. The van der Waals surface area contributed by atoms with Crippen molar-refractivity contribution < 1.29 is 4.79 Å². The van der Waals surface area contributed by atoms with Gasteiger partial charge in [0.2, 0.25) is 5.91 Å². The molecule has 5 rings (SSSR count). The van der Waals surface area contributed by atoms with Crippen LogP contribution in [0.15, 0.2) is 83.2 Å². The number of nitrogens with zero attached hydrogens (tertiary/aromatic N) is 3. The van der Waals surface area contributed by atoms with Gasteiger partial charge in [0.25, 0.3) is 5.56 Å². The summed E-state index contributed by atoms with van der Waals surface area (Å²) in [6.07, 6.45) is 1.44. The molecule has 6 nitrogen and oxygen atoms in total. The number of fused-ring (bicyclic) bond motifs is 1. The average Bonchev–Trinajstić information content (AvgIpc) is 3.48. The van der Waals surface area contributed by atoms with Crippen LogP contribution < -0.4 is 10.9 Å². The van der Waals surface area contributed by atoms with E-state index in [1.807, 2.05) is 72.1 Å². The maximum Gasteiger partial charge on any atom is 0.262 e. The van der Waals surface area contributed by atoms with Gasteiger partial charge in [-0.25, -0.2) is 9.97 Å². The first-order chi connectivity index (χ1) is 15.6. The third-order valence-corrected chi connectivity index (χ3v) is 6.99. The third kappa shape index (κ3) is 3.86. The van der Waals surface area contributed by atoms with Crippen molar-refractivity contribution >= 4 is 43.9 Å². The molecule has 0 saturated carbocycles. The number of carbonyl (C=O) groups excluding carboxylic acids is 1. The Hall–Kier alpha value is -3.62. The van der Waals surface area contributed by atoms with Crippen LogP contribution in [0.3, 0.4) is 0 Å². The molecule has 8 heteroatoms. The fourth-order valence-corrected chi connectivity index (χ4v) is 5.08. The van der Waals surface area contributed by atoms with Crippen LogP contribution in [-0.2, 0) is 4.79 Å². The molecule has 158 valence electrons. The smallest absolute Gasteiger partial charge is 0.262 e. The Bertz CT molecular complexity index is 1460. The monoisotopic (exact) mass is 458 g/mol. The van der Waals surface area contributed by atoms with Gasteiger partial charge in [0.05, 0.1) is 17.4 Å². The second-order valence-corrected chi connectivity index (χ2v) is 9.11. The lowest BCUT2D eigenvalue weighted by atomic mass is 10.2. The highest BCUT2D eigenvalue weighted by Gasteiger charge is 2.20. The second kappa shape index (κ2) is 8.49. The van der Waals surface area contributed by atoms with Gasteiger partial charge in [0.1, 0.15) is 10.9 Å². The zero-order chi connectivity index (χ0) is 22.1. The molecule has 0 radical (unpaired) electrons. The number of hydrogen-bond acceptors (Lipinski definition) is 6. The summed E-state index contributed by atoms with van der Waals surface area (Å²) in [5.41, 5.74) is 2.57. The number of amides is 1. The molecule has 3 aromatic heterocycles. The van der Waals surface area contributed by atoms with Gasteiger partial charge in [-0.05, 0) is 18.6 Å². The van der Waals surface area contributed by atoms with Gasteiger partial charge in [0.15, 0.2) is 5.13 Å². The Labute approximate surface area is 191 Å². The Kier molecular flexibility index (Phi) is 5.38. The van der Waals surface area contributed by atoms with Crippen molar-refractivity contribution in [2.45, 2.75) is 13.0 Å². The molecule has 0 aliphatic carbocycles. The molecule has 32 heavy (non-hydrogen) atoms. The minimum atomic E-state index is -0.733.